The highest BCUT2D eigenvalue weighted by atomic mass is 28.4. The van der Waals surface area contributed by atoms with E-state index in [0.717, 1.165) is 19.3 Å². The molecule has 0 aliphatic rings. The van der Waals surface area contributed by atoms with Gasteiger partial charge in [-0.1, -0.05) is 118 Å². The Balaban J connectivity index is 4.22. The van der Waals surface area contributed by atoms with E-state index >= 15 is 0 Å². The van der Waals surface area contributed by atoms with Crippen molar-refractivity contribution in [3.8, 4) is 0 Å². The summed E-state index contributed by atoms with van der Waals surface area (Å²) in [5.41, 5.74) is 0. The van der Waals surface area contributed by atoms with Crippen LogP contribution in [-0.2, 0) is 8.85 Å². The van der Waals surface area contributed by atoms with Crippen molar-refractivity contribution in [2.24, 2.45) is 5.92 Å². The van der Waals surface area contributed by atoms with Gasteiger partial charge in [0.05, 0.1) is 0 Å². The summed E-state index contributed by atoms with van der Waals surface area (Å²) in [6.45, 7) is 17.6. The van der Waals surface area contributed by atoms with Crippen molar-refractivity contribution < 1.29 is 8.85 Å². The van der Waals surface area contributed by atoms with Gasteiger partial charge in [0.1, 0.15) is 0 Å². The Hall–Kier alpha value is 0.137. The zero-order valence-corrected chi connectivity index (χ0v) is 21.7. The van der Waals surface area contributed by atoms with Gasteiger partial charge in [-0.2, -0.15) is 0 Å². The second kappa shape index (κ2) is 16.9. The molecule has 1 atom stereocenters. The normalized spacial score (nSPS) is 13.8. The molecule has 0 amide bonds. The Bertz CT molecular complexity index is 337. The fourth-order valence-electron chi connectivity index (χ4n) is 4.43. The first kappa shape index (κ1) is 28.1. The van der Waals surface area contributed by atoms with E-state index in [2.05, 4.69) is 48.5 Å². The van der Waals surface area contributed by atoms with Gasteiger partial charge < -0.3 is 8.85 Å². The fourth-order valence-corrected chi connectivity index (χ4v) is 8.79. The zero-order chi connectivity index (χ0) is 21.3. The maximum Gasteiger partial charge on any atom is 0.344 e. The summed E-state index contributed by atoms with van der Waals surface area (Å²) < 4.78 is 12.9. The largest absolute Gasteiger partial charge is 0.394 e. The SMILES string of the molecule is CCCCCCCCCCCCCC[Si](OCC)(OCC)C(C)(C)C(C)CC. The molecule has 0 fully saturated rings. The summed E-state index contributed by atoms with van der Waals surface area (Å²) in [5, 5.41) is 0.158. The molecule has 28 heavy (non-hydrogen) atoms. The van der Waals surface area contributed by atoms with Gasteiger partial charge in [-0.25, -0.2) is 0 Å². The molecule has 0 aromatic heterocycles. The smallest absolute Gasteiger partial charge is 0.344 e. The van der Waals surface area contributed by atoms with Crippen LogP contribution in [0.25, 0.3) is 0 Å². The summed E-state index contributed by atoms with van der Waals surface area (Å²) in [6.07, 6.45) is 18.0. The van der Waals surface area contributed by atoms with Crippen LogP contribution in [0.15, 0.2) is 0 Å². The molecule has 0 heterocycles. The van der Waals surface area contributed by atoms with Gasteiger partial charge in [-0.05, 0) is 25.8 Å². The van der Waals surface area contributed by atoms with Crippen molar-refractivity contribution in [3.05, 3.63) is 0 Å². The van der Waals surface area contributed by atoms with Crippen molar-refractivity contribution in [2.75, 3.05) is 13.2 Å². The van der Waals surface area contributed by atoms with Crippen LogP contribution in [0.5, 0.6) is 0 Å². The van der Waals surface area contributed by atoms with E-state index in [1.165, 1.54) is 83.5 Å². The molecule has 0 saturated carbocycles. The first-order valence-corrected chi connectivity index (χ1v) is 14.7. The molecule has 0 saturated heterocycles. The molecule has 0 rings (SSSR count). The lowest BCUT2D eigenvalue weighted by atomic mass is 9.94. The van der Waals surface area contributed by atoms with E-state index in [-0.39, 0.29) is 5.04 Å². The van der Waals surface area contributed by atoms with Crippen molar-refractivity contribution in [1.29, 1.82) is 0 Å². The maximum absolute atomic E-state index is 6.47. The minimum absolute atomic E-state index is 0.158. The number of unbranched alkanes of at least 4 members (excludes halogenated alkanes) is 11. The van der Waals surface area contributed by atoms with Crippen molar-refractivity contribution >= 4 is 8.56 Å². The third-order valence-corrected chi connectivity index (χ3v) is 11.9. The summed E-state index contributed by atoms with van der Waals surface area (Å²) in [5.74, 6) is 0.634. The summed E-state index contributed by atoms with van der Waals surface area (Å²) >= 11 is 0. The number of rotatable bonds is 20. The zero-order valence-electron chi connectivity index (χ0n) is 20.7. The minimum atomic E-state index is -2.20. The lowest BCUT2D eigenvalue weighted by Gasteiger charge is -2.46. The van der Waals surface area contributed by atoms with E-state index in [9.17, 15) is 0 Å². The van der Waals surface area contributed by atoms with Crippen LogP contribution in [0.4, 0.5) is 0 Å². The van der Waals surface area contributed by atoms with Crippen molar-refractivity contribution in [3.63, 3.8) is 0 Å². The minimum Gasteiger partial charge on any atom is -0.394 e. The molecule has 0 aromatic rings. The molecule has 2 nitrogen and oxygen atoms in total. The molecular formula is C25H54O2Si. The summed E-state index contributed by atoms with van der Waals surface area (Å²) in [7, 11) is -2.20. The molecule has 0 aliphatic carbocycles. The van der Waals surface area contributed by atoms with Gasteiger partial charge in [0.15, 0.2) is 0 Å². The van der Waals surface area contributed by atoms with Gasteiger partial charge in [-0.3, -0.25) is 0 Å². The van der Waals surface area contributed by atoms with Gasteiger partial charge >= 0.3 is 8.56 Å². The van der Waals surface area contributed by atoms with E-state index in [1.807, 2.05) is 0 Å². The van der Waals surface area contributed by atoms with E-state index in [4.69, 9.17) is 8.85 Å². The van der Waals surface area contributed by atoms with E-state index in [1.54, 1.807) is 0 Å². The Morgan fingerprint density at radius 2 is 1.04 bits per heavy atom. The fraction of sp³-hybridized carbons (Fsp3) is 1.00. The predicted octanol–water partition coefficient (Wildman–Crippen LogP) is 9.03. The predicted molar refractivity (Wildman–Crippen MR) is 128 cm³/mol. The molecule has 0 aliphatic heterocycles. The standard InChI is InChI=1S/C25H54O2Si/c1-8-12-13-14-15-16-17-18-19-20-21-22-23-28(26-10-3,27-11-4)25(6,7)24(5)9-2/h24H,8-23H2,1-7H3. The van der Waals surface area contributed by atoms with Crippen LogP contribution in [0.2, 0.25) is 11.1 Å². The lowest BCUT2D eigenvalue weighted by molar-refractivity contribution is 0.140. The summed E-state index contributed by atoms with van der Waals surface area (Å²) in [4.78, 5) is 0. The highest BCUT2D eigenvalue weighted by Gasteiger charge is 2.53. The maximum atomic E-state index is 6.47. The number of hydrogen-bond donors (Lipinski definition) is 0. The Morgan fingerprint density at radius 1 is 0.643 bits per heavy atom. The average molecular weight is 415 g/mol. The van der Waals surface area contributed by atoms with Gasteiger partial charge in [0.25, 0.3) is 0 Å². The quantitative estimate of drug-likeness (QED) is 0.146. The monoisotopic (exact) mass is 414 g/mol. The Kier molecular flexibility index (Phi) is 17.0. The molecule has 0 aromatic carbocycles. The van der Waals surface area contributed by atoms with Crippen LogP contribution in [0.3, 0.4) is 0 Å². The first-order chi connectivity index (χ1) is 13.4. The molecule has 170 valence electrons. The second-order valence-electron chi connectivity index (χ2n) is 9.29. The van der Waals surface area contributed by atoms with Crippen LogP contribution in [0.1, 0.15) is 132 Å². The van der Waals surface area contributed by atoms with Crippen molar-refractivity contribution in [2.45, 2.75) is 143 Å². The number of hydrogen-bond acceptors (Lipinski definition) is 2. The molecule has 1 unspecified atom stereocenters. The molecule has 3 heteroatoms. The van der Waals surface area contributed by atoms with Crippen molar-refractivity contribution in [1.82, 2.24) is 0 Å². The topological polar surface area (TPSA) is 18.5 Å². The highest BCUT2D eigenvalue weighted by molar-refractivity contribution is 6.70. The van der Waals surface area contributed by atoms with E-state index < -0.39 is 8.56 Å². The van der Waals surface area contributed by atoms with Crippen LogP contribution in [-0.4, -0.2) is 21.8 Å². The molecule has 0 N–H and O–H groups in total. The lowest BCUT2D eigenvalue weighted by Crippen LogP contribution is -2.54. The average Bonchev–Trinajstić information content (AvgIpc) is 2.68. The van der Waals surface area contributed by atoms with Gasteiger partial charge in [0.2, 0.25) is 0 Å². The van der Waals surface area contributed by atoms with Crippen LogP contribution < -0.4 is 0 Å². The van der Waals surface area contributed by atoms with E-state index in [0.29, 0.717) is 5.92 Å². The van der Waals surface area contributed by atoms with Crippen LogP contribution in [0, 0.1) is 5.92 Å². The highest BCUT2D eigenvalue weighted by Crippen LogP contribution is 2.49. The second-order valence-corrected chi connectivity index (χ2v) is 13.2. The molecule has 0 spiro atoms. The summed E-state index contributed by atoms with van der Waals surface area (Å²) in [6, 6.07) is 1.16. The molecular weight excluding hydrogens is 360 g/mol. The van der Waals surface area contributed by atoms with Gasteiger partial charge in [-0.15, -0.1) is 0 Å². The first-order valence-electron chi connectivity index (χ1n) is 12.7. The molecule has 0 radical (unpaired) electrons. The molecule has 0 bridgehead atoms. The van der Waals surface area contributed by atoms with Crippen LogP contribution >= 0.6 is 0 Å². The van der Waals surface area contributed by atoms with Gasteiger partial charge in [0, 0.05) is 18.3 Å². The third-order valence-electron chi connectivity index (χ3n) is 6.94. The Morgan fingerprint density at radius 3 is 1.39 bits per heavy atom. The third kappa shape index (κ3) is 10.3. The Labute approximate surface area is 179 Å².